The van der Waals surface area contributed by atoms with Gasteiger partial charge in [-0.15, -0.1) is 0 Å². The molecular formula is C16H16BrN3OS. The molecule has 0 aliphatic rings. The van der Waals surface area contributed by atoms with Crippen LogP contribution in [0.3, 0.4) is 0 Å². The molecule has 0 unspecified atom stereocenters. The van der Waals surface area contributed by atoms with E-state index in [0.717, 1.165) is 27.0 Å². The van der Waals surface area contributed by atoms with Crippen LogP contribution in [0.2, 0.25) is 0 Å². The van der Waals surface area contributed by atoms with E-state index in [4.69, 9.17) is 17.0 Å². The largest absolute Gasteiger partial charge is 0.496 e. The van der Waals surface area contributed by atoms with Crippen LogP contribution in [-0.2, 0) is 0 Å². The molecule has 0 bridgehead atoms. The Morgan fingerprint density at radius 2 is 2.09 bits per heavy atom. The summed E-state index contributed by atoms with van der Waals surface area (Å²) < 4.78 is 6.23. The molecule has 0 spiro atoms. The zero-order valence-electron chi connectivity index (χ0n) is 12.3. The van der Waals surface area contributed by atoms with Gasteiger partial charge in [-0.1, -0.05) is 28.1 Å². The average molecular weight is 378 g/mol. The summed E-state index contributed by atoms with van der Waals surface area (Å²) in [7, 11) is 1.62. The van der Waals surface area contributed by atoms with Crippen molar-refractivity contribution in [3.05, 3.63) is 58.1 Å². The molecule has 0 saturated carbocycles. The van der Waals surface area contributed by atoms with E-state index in [-0.39, 0.29) is 0 Å². The fraction of sp³-hybridized carbons (Fsp3) is 0.125. The van der Waals surface area contributed by atoms with E-state index in [2.05, 4.69) is 31.8 Å². The molecule has 0 aliphatic heterocycles. The Morgan fingerprint density at radius 1 is 1.27 bits per heavy atom. The number of benzene rings is 2. The van der Waals surface area contributed by atoms with Crippen LogP contribution >= 0.6 is 28.1 Å². The highest BCUT2D eigenvalue weighted by Crippen LogP contribution is 2.21. The molecule has 0 aromatic heterocycles. The summed E-state index contributed by atoms with van der Waals surface area (Å²) in [5, 5.41) is 7.63. The summed E-state index contributed by atoms with van der Waals surface area (Å²) in [6, 6.07) is 13.6. The summed E-state index contributed by atoms with van der Waals surface area (Å²) >= 11 is 8.63. The van der Waals surface area contributed by atoms with E-state index in [0.29, 0.717) is 5.11 Å². The van der Waals surface area contributed by atoms with Crippen LogP contribution in [-0.4, -0.2) is 18.4 Å². The van der Waals surface area contributed by atoms with Crippen LogP contribution in [0.5, 0.6) is 5.75 Å². The first-order valence-corrected chi connectivity index (χ1v) is 7.79. The molecule has 0 atom stereocenters. The first kappa shape index (κ1) is 16.5. The smallest absolute Gasteiger partial charge is 0.191 e. The molecule has 0 heterocycles. The minimum Gasteiger partial charge on any atom is -0.496 e. The van der Waals surface area contributed by atoms with Crippen molar-refractivity contribution in [2.45, 2.75) is 6.92 Å². The third kappa shape index (κ3) is 4.82. The maximum absolute atomic E-state index is 5.28. The Hall–Kier alpha value is -1.92. The van der Waals surface area contributed by atoms with Gasteiger partial charge in [0.2, 0.25) is 0 Å². The molecule has 0 saturated heterocycles. The summed E-state index contributed by atoms with van der Waals surface area (Å²) in [5.41, 5.74) is 5.72. The van der Waals surface area contributed by atoms with Gasteiger partial charge in [-0.3, -0.25) is 5.43 Å². The second kappa shape index (κ2) is 7.91. The Bertz CT molecular complexity index is 704. The monoisotopic (exact) mass is 377 g/mol. The Balaban J connectivity index is 1.97. The van der Waals surface area contributed by atoms with E-state index in [9.17, 15) is 0 Å². The number of thiocarbonyl (C=S) groups is 1. The molecule has 4 nitrogen and oxygen atoms in total. The van der Waals surface area contributed by atoms with E-state index in [1.165, 1.54) is 0 Å². The second-order valence-electron chi connectivity index (χ2n) is 4.58. The number of anilines is 1. The molecule has 22 heavy (non-hydrogen) atoms. The van der Waals surface area contributed by atoms with Crippen molar-refractivity contribution in [2.24, 2.45) is 5.10 Å². The third-order valence-electron chi connectivity index (χ3n) is 2.84. The first-order chi connectivity index (χ1) is 10.6. The second-order valence-corrected chi connectivity index (χ2v) is 5.90. The average Bonchev–Trinajstić information content (AvgIpc) is 2.47. The lowest BCUT2D eigenvalue weighted by molar-refractivity contribution is 0.414. The fourth-order valence-electron chi connectivity index (χ4n) is 1.85. The van der Waals surface area contributed by atoms with Gasteiger partial charge < -0.3 is 10.1 Å². The first-order valence-electron chi connectivity index (χ1n) is 6.59. The lowest BCUT2D eigenvalue weighted by atomic mass is 10.2. The number of rotatable bonds is 4. The van der Waals surface area contributed by atoms with Gasteiger partial charge in [-0.05, 0) is 55.0 Å². The molecule has 0 aliphatic carbocycles. The minimum atomic E-state index is 0.427. The zero-order chi connectivity index (χ0) is 15.9. The Labute approximate surface area is 143 Å². The van der Waals surface area contributed by atoms with Crippen molar-refractivity contribution >= 4 is 45.2 Å². The van der Waals surface area contributed by atoms with Crippen LogP contribution in [0, 0.1) is 6.92 Å². The van der Waals surface area contributed by atoms with Gasteiger partial charge in [0.25, 0.3) is 0 Å². The van der Waals surface area contributed by atoms with Crippen molar-refractivity contribution in [3.8, 4) is 5.75 Å². The highest BCUT2D eigenvalue weighted by molar-refractivity contribution is 9.10. The lowest BCUT2D eigenvalue weighted by Crippen LogP contribution is -2.23. The minimum absolute atomic E-state index is 0.427. The molecule has 2 N–H and O–H groups in total. The predicted octanol–water partition coefficient (Wildman–Crippen LogP) is 4.09. The van der Waals surface area contributed by atoms with Gasteiger partial charge in [-0.25, -0.2) is 0 Å². The maximum atomic E-state index is 5.28. The molecule has 2 aromatic rings. The van der Waals surface area contributed by atoms with Crippen molar-refractivity contribution in [3.63, 3.8) is 0 Å². The van der Waals surface area contributed by atoms with E-state index in [1.807, 2.05) is 49.4 Å². The molecule has 2 rings (SSSR count). The number of hydrogen-bond acceptors (Lipinski definition) is 3. The summed E-state index contributed by atoms with van der Waals surface area (Å²) in [6.07, 6.45) is 1.66. The van der Waals surface area contributed by atoms with Crippen LogP contribution in [0.1, 0.15) is 11.1 Å². The third-order valence-corrected chi connectivity index (χ3v) is 3.52. The van der Waals surface area contributed by atoms with Crippen molar-refractivity contribution in [1.82, 2.24) is 5.43 Å². The summed E-state index contributed by atoms with van der Waals surface area (Å²) in [4.78, 5) is 0. The fourth-order valence-corrected chi connectivity index (χ4v) is 2.40. The molecular weight excluding hydrogens is 362 g/mol. The number of hydrazone groups is 1. The van der Waals surface area contributed by atoms with Gasteiger partial charge in [0.05, 0.1) is 13.3 Å². The van der Waals surface area contributed by atoms with Crippen molar-refractivity contribution in [1.29, 1.82) is 0 Å². The number of nitrogens with zero attached hydrogens (tertiary/aromatic N) is 1. The SMILES string of the molecule is COc1ccc(Br)cc1/C=N/NC(=S)Nc1cccc(C)c1. The van der Waals surface area contributed by atoms with Crippen LogP contribution < -0.4 is 15.5 Å². The quantitative estimate of drug-likeness (QED) is 0.478. The zero-order valence-corrected chi connectivity index (χ0v) is 14.7. The predicted molar refractivity (Wildman–Crippen MR) is 98.8 cm³/mol. The Kier molecular flexibility index (Phi) is 5.91. The number of aryl methyl sites for hydroxylation is 1. The van der Waals surface area contributed by atoms with Crippen LogP contribution in [0.25, 0.3) is 0 Å². The molecule has 0 radical (unpaired) electrons. The lowest BCUT2D eigenvalue weighted by Gasteiger charge is -2.08. The van der Waals surface area contributed by atoms with E-state index < -0.39 is 0 Å². The van der Waals surface area contributed by atoms with Gasteiger partial charge in [0.1, 0.15) is 5.75 Å². The number of halogens is 1. The summed E-state index contributed by atoms with van der Waals surface area (Å²) in [6.45, 7) is 2.03. The highest BCUT2D eigenvalue weighted by atomic mass is 79.9. The van der Waals surface area contributed by atoms with E-state index >= 15 is 0 Å². The van der Waals surface area contributed by atoms with E-state index in [1.54, 1.807) is 13.3 Å². The van der Waals surface area contributed by atoms with Crippen molar-refractivity contribution < 1.29 is 4.74 Å². The Morgan fingerprint density at radius 3 is 2.82 bits per heavy atom. The molecule has 0 amide bonds. The molecule has 0 fully saturated rings. The van der Waals surface area contributed by atoms with Gasteiger partial charge in [0, 0.05) is 15.7 Å². The van der Waals surface area contributed by atoms with Gasteiger partial charge in [-0.2, -0.15) is 5.10 Å². The number of methoxy groups -OCH3 is 1. The van der Waals surface area contributed by atoms with Crippen molar-refractivity contribution in [2.75, 3.05) is 12.4 Å². The number of ether oxygens (including phenoxy) is 1. The van der Waals surface area contributed by atoms with Gasteiger partial charge >= 0.3 is 0 Å². The van der Waals surface area contributed by atoms with Crippen LogP contribution in [0.15, 0.2) is 52.0 Å². The highest BCUT2D eigenvalue weighted by Gasteiger charge is 2.01. The molecule has 6 heteroatoms. The van der Waals surface area contributed by atoms with Gasteiger partial charge in [0.15, 0.2) is 5.11 Å². The number of hydrogen-bond donors (Lipinski definition) is 2. The normalized spacial score (nSPS) is 10.5. The number of nitrogens with one attached hydrogen (secondary N) is 2. The molecule has 2 aromatic carbocycles. The molecule has 114 valence electrons. The maximum Gasteiger partial charge on any atom is 0.191 e. The van der Waals surface area contributed by atoms with Crippen LogP contribution in [0.4, 0.5) is 5.69 Å². The standard InChI is InChI=1S/C16H16BrN3OS/c1-11-4-3-5-14(8-11)19-16(22)20-18-10-12-9-13(17)6-7-15(12)21-2/h3-10H,1-2H3,(H2,19,20,22)/b18-10+. The topological polar surface area (TPSA) is 45.6 Å². The summed E-state index contributed by atoms with van der Waals surface area (Å²) in [5.74, 6) is 0.742.